The third-order valence-corrected chi connectivity index (χ3v) is 20.5. The highest BCUT2D eigenvalue weighted by Crippen LogP contribution is 2.60. The van der Waals surface area contributed by atoms with E-state index in [0.717, 1.165) is 5.69 Å². The molecule has 0 fully saturated rings. The van der Waals surface area contributed by atoms with Crippen molar-refractivity contribution in [1.29, 1.82) is 0 Å². The third-order valence-electron chi connectivity index (χ3n) is 14.5. The zero-order chi connectivity index (χ0) is 42.7. The van der Waals surface area contributed by atoms with E-state index in [-0.39, 0.29) is 0 Å². The van der Waals surface area contributed by atoms with Crippen LogP contribution in [0.3, 0.4) is 0 Å². The molecule has 12 aromatic rings. The summed E-state index contributed by atoms with van der Waals surface area (Å²) in [6, 6.07) is 91.9. The number of para-hydroxylation sites is 4. The lowest BCUT2D eigenvalue weighted by Crippen LogP contribution is -2.74. The van der Waals surface area contributed by atoms with Crippen molar-refractivity contribution in [2.24, 2.45) is 0 Å². The minimum Gasteiger partial charge on any atom is -0.309 e. The average molecular weight is 861 g/mol. The number of fused-ring (bicyclic) bond motifs is 14. The topological polar surface area (TPSA) is 9.86 Å². The molecule has 0 aliphatic carbocycles. The highest BCUT2D eigenvalue weighted by molar-refractivity contribution is 7.99. The SMILES string of the molecule is c1ccc([Si](c2ccccc2)(c2ccc(-n3c4ccccc4c4ccccc43)cc2)c2ccc3c(c2)-n2c4ccccc4c4cccc(c42)C32c3ccccc3Sc3ccccc32)cc1. The zero-order valence-electron chi connectivity index (χ0n) is 35.4. The summed E-state index contributed by atoms with van der Waals surface area (Å²) >= 11 is 1.90. The maximum atomic E-state index is 2.61. The molecule has 2 aromatic heterocycles. The standard InChI is InChI=1S/C61H40N2SSi/c1-3-18-42(19-4-1)65(43-20-5-2-6-21-43,44-36-34-41(35-37-44)62-54-29-12-7-22-46(54)47-23-8-13-30-55(47)62)45-38-39-50-57(40-45)63-56-31-14-9-24-48(56)49-25-17-28-53(60(49)63)61(50)51-26-10-15-32-58(51)64-59-33-16-11-27-52(59)61/h1-40H. The quantitative estimate of drug-likeness (QED) is 0.124. The molecular weight excluding hydrogens is 821 g/mol. The fraction of sp³-hybridized carbons (Fsp3) is 0.0164. The molecule has 0 N–H and O–H groups in total. The van der Waals surface area contributed by atoms with Gasteiger partial charge in [0.25, 0.3) is 0 Å². The van der Waals surface area contributed by atoms with Gasteiger partial charge < -0.3 is 9.13 Å². The molecule has 4 heteroatoms. The first-order valence-electron chi connectivity index (χ1n) is 22.5. The van der Waals surface area contributed by atoms with E-state index in [2.05, 4.69) is 252 Å². The Morgan fingerprint density at radius 2 is 0.769 bits per heavy atom. The predicted molar refractivity (Wildman–Crippen MR) is 275 cm³/mol. The van der Waals surface area contributed by atoms with E-state index in [1.807, 2.05) is 11.8 Å². The lowest BCUT2D eigenvalue weighted by Gasteiger charge is -2.46. The molecule has 14 rings (SSSR count). The van der Waals surface area contributed by atoms with Gasteiger partial charge in [0.2, 0.25) is 0 Å². The monoisotopic (exact) mass is 860 g/mol. The number of benzene rings is 10. The summed E-state index contributed by atoms with van der Waals surface area (Å²) in [5.41, 5.74) is 12.2. The molecular formula is C61H40N2SSi. The van der Waals surface area contributed by atoms with E-state index in [1.165, 1.54) is 102 Å². The fourth-order valence-electron chi connectivity index (χ4n) is 12.0. The van der Waals surface area contributed by atoms with Gasteiger partial charge >= 0.3 is 0 Å². The molecule has 0 saturated carbocycles. The van der Waals surface area contributed by atoms with Crippen LogP contribution in [0.25, 0.3) is 55.0 Å². The lowest BCUT2D eigenvalue weighted by atomic mass is 9.63. The Kier molecular flexibility index (Phi) is 7.89. The van der Waals surface area contributed by atoms with Crippen molar-refractivity contribution >= 4 is 84.2 Å². The summed E-state index contributed by atoms with van der Waals surface area (Å²) in [7, 11) is -3.03. The summed E-state index contributed by atoms with van der Waals surface area (Å²) in [5.74, 6) is 0. The molecule has 10 aromatic carbocycles. The van der Waals surface area contributed by atoms with E-state index in [9.17, 15) is 0 Å². The molecule has 1 spiro atoms. The Morgan fingerprint density at radius 1 is 0.323 bits per heavy atom. The van der Waals surface area contributed by atoms with E-state index >= 15 is 0 Å². The highest BCUT2D eigenvalue weighted by Gasteiger charge is 2.50. The van der Waals surface area contributed by atoms with Gasteiger partial charge in [0.05, 0.1) is 33.2 Å². The van der Waals surface area contributed by atoms with Crippen LogP contribution in [-0.4, -0.2) is 17.2 Å². The summed E-state index contributed by atoms with van der Waals surface area (Å²) in [4.78, 5) is 2.62. The van der Waals surface area contributed by atoms with Gasteiger partial charge in [-0.1, -0.05) is 206 Å². The maximum absolute atomic E-state index is 3.03. The zero-order valence-corrected chi connectivity index (χ0v) is 37.2. The minimum atomic E-state index is -3.03. The van der Waals surface area contributed by atoms with Gasteiger partial charge in [-0.2, -0.15) is 0 Å². The number of nitrogens with zero attached hydrogens (tertiary/aromatic N) is 2. The Balaban J connectivity index is 1.10. The number of rotatable bonds is 5. The molecule has 2 nitrogen and oxygen atoms in total. The van der Waals surface area contributed by atoms with E-state index in [0.29, 0.717) is 0 Å². The lowest BCUT2D eigenvalue weighted by molar-refractivity contribution is 0.690. The Bertz CT molecular complexity index is 3730. The second-order valence-electron chi connectivity index (χ2n) is 17.5. The molecule has 65 heavy (non-hydrogen) atoms. The van der Waals surface area contributed by atoms with Crippen molar-refractivity contribution in [2.45, 2.75) is 15.2 Å². The molecule has 0 amide bonds. The smallest absolute Gasteiger partial charge is 0.179 e. The van der Waals surface area contributed by atoms with Gasteiger partial charge in [-0.15, -0.1) is 0 Å². The number of aromatic nitrogens is 2. The first kappa shape index (κ1) is 36.8. The van der Waals surface area contributed by atoms with E-state index < -0.39 is 13.5 Å². The van der Waals surface area contributed by atoms with Gasteiger partial charge in [-0.3, -0.25) is 0 Å². The van der Waals surface area contributed by atoms with Crippen molar-refractivity contribution in [3.05, 3.63) is 265 Å². The maximum Gasteiger partial charge on any atom is 0.179 e. The summed E-state index contributed by atoms with van der Waals surface area (Å²) in [5, 5.41) is 10.5. The summed E-state index contributed by atoms with van der Waals surface area (Å²) in [6.45, 7) is 0. The van der Waals surface area contributed by atoms with Crippen LogP contribution in [0.1, 0.15) is 22.3 Å². The Hall–Kier alpha value is -7.63. The third kappa shape index (κ3) is 4.90. The molecule has 0 unspecified atom stereocenters. The predicted octanol–water partition coefficient (Wildman–Crippen LogP) is 12.4. The largest absolute Gasteiger partial charge is 0.309 e. The summed E-state index contributed by atoms with van der Waals surface area (Å²) < 4.78 is 5.04. The van der Waals surface area contributed by atoms with Gasteiger partial charge in [0.15, 0.2) is 8.07 Å². The second kappa shape index (κ2) is 13.9. The first-order valence-corrected chi connectivity index (χ1v) is 25.3. The number of hydrogen-bond donors (Lipinski definition) is 0. The molecule has 0 bridgehead atoms. The van der Waals surface area contributed by atoms with Crippen molar-refractivity contribution in [3.8, 4) is 11.4 Å². The van der Waals surface area contributed by atoms with Crippen LogP contribution in [0.2, 0.25) is 0 Å². The molecule has 0 saturated heterocycles. The van der Waals surface area contributed by atoms with E-state index in [4.69, 9.17) is 0 Å². The highest BCUT2D eigenvalue weighted by atomic mass is 32.2. The van der Waals surface area contributed by atoms with E-state index in [1.54, 1.807) is 0 Å². The average Bonchev–Trinajstić information content (AvgIpc) is 3.90. The molecule has 0 atom stereocenters. The van der Waals surface area contributed by atoms with Crippen LogP contribution in [0, 0.1) is 0 Å². The molecule has 304 valence electrons. The van der Waals surface area contributed by atoms with Gasteiger partial charge in [-0.05, 0) is 91.5 Å². The minimum absolute atomic E-state index is 0.538. The fourth-order valence-corrected chi connectivity index (χ4v) is 17.9. The van der Waals surface area contributed by atoms with Gasteiger partial charge in [0.1, 0.15) is 0 Å². The van der Waals surface area contributed by atoms with Crippen molar-refractivity contribution in [2.75, 3.05) is 0 Å². The van der Waals surface area contributed by atoms with Crippen molar-refractivity contribution in [3.63, 3.8) is 0 Å². The van der Waals surface area contributed by atoms with Crippen molar-refractivity contribution in [1.82, 2.24) is 9.13 Å². The van der Waals surface area contributed by atoms with Crippen LogP contribution < -0.4 is 20.7 Å². The molecule has 0 radical (unpaired) electrons. The van der Waals surface area contributed by atoms with Crippen LogP contribution in [0.5, 0.6) is 0 Å². The van der Waals surface area contributed by atoms with Crippen LogP contribution in [0.4, 0.5) is 0 Å². The van der Waals surface area contributed by atoms with Crippen LogP contribution >= 0.6 is 11.8 Å². The molecule has 2 aliphatic heterocycles. The Labute approximate surface area is 382 Å². The molecule has 4 heterocycles. The van der Waals surface area contributed by atoms with Crippen LogP contribution in [-0.2, 0) is 5.41 Å². The normalized spacial score (nSPS) is 13.6. The number of hydrogen-bond acceptors (Lipinski definition) is 1. The molecule has 2 aliphatic rings. The van der Waals surface area contributed by atoms with Crippen LogP contribution in [0.15, 0.2) is 252 Å². The van der Waals surface area contributed by atoms with Gasteiger partial charge in [-0.25, -0.2) is 0 Å². The van der Waals surface area contributed by atoms with Crippen molar-refractivity contribution < 1.29 is 0 Å². The first-order chi connectivity index (χ1) is 32.3. The summed E-state index contributed by atoms with van der Waals surface area (Å²) in [6.07, 6.45) is 0. The Morgan fingerprint density at radius 3 is 1.37 bits per heavy atom. The second-order valence-corrected chi connectivity index (χ2v) is 22.4. The van der Waals surface area contributed by atoms with Gasteiger partial charge in [0, 0.05) is 37.0 Å².